The van der Waals surface area contributed by atoms with Crippen LogP contribution >= 0.6 is 15.9 Å². The Bertz CT molecular complexity index is 435. The first-order valence-electron chi connectivity index (χ1n) is 6.85. The van der Waals surface area contributed by atoms with Gasteiger partial charge in [-0.2, -0.15) is 0 Å². The van der Waals surface area contributed by atoms with Crippen LogP contribution < -0.4 is 5.32 Å². The molecule has 0 amide bonds. The summed E-state index contributed by atoms with van der Waals surface area (Å²) in [7, 11) is 0. The molecular weight excluding hydrogens is 290 g/mol. The third kappa shape index (κ3) is 2.54. The minimum Gasteiger partial charge on any atom is -0.366 e. The van der Waals surface area contributed by atoms with E-state index in [1.807, 2.05) is 6.20 Å². The third-order valence-corrected chi connectivity index (χ3v) is 4.74. The lowest BCUT2D eigenvalue weighted by atomic mass is 9.97. The molecule has 18 heavy (non-hydrogen) atoms. The lowest BCUT2D eigenvalue weighted by Gasteiger charge is -2.35. The van der Waals surface area contributed by atoms with Crippen LogP contribution in [0, 0.1) is 6.92 Å². The molecule has 2 aliphatic heterocycles. The molecule has 0 bridgehead atoms. The molecule has 3 heterocycles. The molecule has 2 saturated heterocycles. The molecule has 4 heteroatoms. The highest BCUT2D eigenvalue weighted by Crippen LogP contribution is 2.29. The highest BCUT2D eigenvalue weighted by Gasteiger charge is 2.31. The average Bonchev–Trinajstić information content (AvgIpc) is 2.80. The smallest absolute Gasteiger partial charge is 0.140 e. The molecule has 98 valence electrons. The Hall–Kier alpha value is -0.610. The second-order valence-electron chi connectivity index (χ2n) is 5.54. The zero-order chi connectivity index (χ0) is 12.5. The summed E-state index contributed by atoms with van der Waals surface area (Å²) in [6, 6.07) is 3.51. The molecule has 2 unspecified atom stereocenters. The molecule has 0 spiro atoms. The van der Waals surface area contributed by atoms with Crippen molar-refractivity contribution in [1.82, 2.24) is 9.88 Å². The van der Waals surface area contributed by atoms with Gasteiger partial charge in [0.2, 0.25) is 0 Å². The fraction of sp³-hybridized carbons (Fsp3) is 0.643. The van der Waals surface area contributed by atoms with E-state index < -0.39 is 0 Å². The van der Waals surface area contributed by atoms with Gasteiger partial charge >= 0.3 is 0 Å². The normalized spacial score (nSPS) is 28.1. The maximum Gasteiger partial charge on any atom is 0.140 e. The monoisotopic (exact) mass is 309 g/mol. The van der Waals surface area contributed by atoms with Crippen molar-refractivity contribution in [1.29, 1.82) is 0 Å². The van der Waals surface area contributed by atoms with Crippen LogP contribution in [0.1, 0.15) is 31.2 Å². The number of anilines is 1. The van der Waals surface area contributed by atoms with Gasteiger partial charge in [0.25, 0.3) is 0 Å². The van der Waals surface area contributed by atoms with Gasteiger partial charge in [0, 0.05) is 24.8 Å². The number of nitrogens with zero attached hydrogens (tertiary/aromatic N) is 2. The highest BCUT2D eigenvalue weighted by molar-refractivity contribution is 9.10. The predicted molar refractivity (Wildman–Crippen MR) is 77.9 cm³/mol. The van der Waals surface area contributed by atoms with Crippen molar-refractivity contribution in [3.05, 3.63) is 22.3 Å². The molecule has 3 nitrogen and oxygen atoms in total. The van der Waals surface area contributed by atoms with E-state index in [2.05, 4.69) is 44.1 Å². The maximum atomic E-state index is 4.49. The summed E-state index contributed by atoms with van der Waals surface area (Å²) in [6.07, 6.45) is 7.18. The topological polar surface area (TPSA) is 28.2 Å². The van der Waals surface area contributed by atoms with Gasteiger partial charge in [0.1, 0.15) is 5.82 Å². The number of hydrogen-bond donors (Lipinski definition) is 1. The molecule has 1 aromatic heterocycles. The zero-order valence-electron chi connectivity index (χ0n) is 10.8. The van der Waals surface area contributed by atoms with Crippen molar-refractivity contribution in [3.8, 4) is 0 Å². The number of fused-ring (bicyclic) bond motifs is 1. The van der Waals surface area contributed by atoms with Crippen molar-refractivity contribution < 1.29 is 0 Å². The predicted octanol–water partition coefficient (Wildman–Crippen LogP) is 3.19. The number of piperidine rings is 1. The second kappa shape index (κ2) is 5.17. The number of pyridine rings is 1. The van der Waals surface area contributed by atoms with Crippen molar-refractivity contribution in [2.24, 2.45) is 0 Å². The second-order valence-corrected chi connectivity index (χ2v) is 6.40. The molecule has 2 atom stereocenters. The molecule has 2 fully saturated rings. The van der Waals surface area contributed by atoms with E-state index in [1.54, 1.807) is 0 Å². The molecule has 0 saturated carbocycles. The summed E-state index contributed by atoms with van der Waals surface area (Å²) >= 11 is 3.59. The van der Waals surface area contributed by atoms with Gasteiger partial charge < -0.3 is 10.2 Å². The SMILES string of the molecule is Cc1cnc(NC2CCN3CCCC3C2)c(Br)c1. The Morgan fingerprint density at radius 3 is 3.11 bits per heavy atom. The van der Waals surface area contributed by atoms with Crippen molar-refractivity contribution in [2.45, 2.75) is 44.7 Å². The van der Waals surface area contributed by atoms with E-state index in [0.29, 0.717) is 6.04 Å². The van der Waals surface area contributed by atoms with Crippen LogP contribution in [0.25, 0.3) is 0 Å². The van der Waals surface area contributed by atoms with E-state index in [0.717, 1.165) is 16.3 Å². The Labute approximate surface area is 117 Å². The average molecular weight is 310 g/mol. The van der Waals surface area contributed by atoms with Crippen LogP contribution in [0.4, 0.5) is 5.82 Å². The van der Waals surface area contributed by atoms with Crippen LogP contribution in [0.5, 0.6) is 0 Å². The summed E-state index contributed by atoms with van der Waals surface area (Å²) in [4.78, 5) is 7.13. The van der Waals surface area contributed by atoms with Crippen molar-refractivity contribution >= 4 is 21.7 Å². The van der Waals surface area contributed by atoms with Crippen molar-refractivity contribution in [2.75, 3.05) is 18.4 Å². The Kier molecular flexibility index (Phi) is 3.57. The summed E-state index contributed by atoms with van der Waals surface area (Å²) in [5.74, 6) is 0.997. The minimum atomic E-state index is 0.579. The van der Waals surface area contributed by atoms with Gasteiger partial charge in [-0.25, -0.2) is 4.98 Å². The lowest BCUT2D eigenvalue weighted by Crippen LogP contribution is -2.42. The fourth-order valence-corrected chi connectivity index (χ4v) is 3.77. The van der Waals surface area contributed by atoms with Crippen LogP contribution in [0.2, 0.25) is 0 Å². The van der Waals surface area contributed by atoms with Crippen LogP contribution in [0.15, 0.2) is 16.7 Å². The van der Waals surface area contributed by atoms with Gasteiger partial charge in [0.05, 0.1) is 4.47 Å². The molecule has 0 aliphatic carbocycles. The summed E-state index contributed by atoms with van der Waals surface area (Å²) in [5, 5.41) is 3.60. The molecule has 0 radical (unpaired) electrons. The Balaban J connectivity index is 1.66. The Morgan fingerprint density at radius 1 is 1.39 bits per heavy atom. The van der Waals surface area contributed by atoms with E-state index in [4.69, 9.17) is 0 Å². The first-order chi connectivity index (χ1) is 8.72. The van der Waals surface area contributed by atoms with E-state index in [9.17, 15) is 0 Å². The van der Waals surface area contributed by atoms with Crippen LogP contribution in [-0.4, -0.2) is 35.1 Å². The largest absolute Gasteiger partial charge is 0.366 e. The first kappa shape index (κ1) is 12.4. The molecule has 3 rings (SSSR count). The third-order valence-electron chi connectivity index (χ3n) is 4.14. The lowest BCUT2D eigenvalue weighted by molar-refractivity contribution is 0.188. The number of hydrogen-bond acceptors (Lipinski definition) is 3. The molecule has 2 aliphatic rings. The first-order valence-corrected chi connectivity index (χ1v) is 7.64. The van der Waals surface area contributed by atoms with E-state index in [1.165, 1.54) is 44.3 Å². The Morgan fingerprint density at radius 2 is 2.28 bits per heavy atom. The summed E-state index contributed by atoms with van der Waals surface area (Å²) in [5.41, 5.74) is 1.19. The molecule has 1 N–H and O–H groups in total. The summed E-state index contributed by atoms with van der Waals surface area (Å²) in [6.45, 7) is 4.62. The number of aryl methyl sites for hydroxylation is 1. The van der Waals surface area contributed by atoms with Gasteiger partial charge in [-0.15, -0.1) is 0 Å². The van der Waals surface area contributed by atoms with Gasteiger partial charge in [0.15, 0.2) is 0 Å². The quantitative estimate of drug-likeness (QED) is 0.909. The highest BCUT2D eigenvalue weighted by atomic mass is 79.9. The maximum absolute atomic E-state index is 4.49. The van der Waals surface area contributed by atoms with Gasteiger partial charge in [-0.1, -0.05) is 0 Å². The van der Waals surface area contributed by atoms with Gasteiger partial charge in [-0.05, 0) is 66.7 Å². The number of halogens is 1. The fourth-order valence-electron chi connectivity index (χ4n) is 3.19. The molecule has 1 aromatic rings. The minimum absolute atomic E-state index is 0.579. The number of rotatable bonds is 2. The van der Waals surface area contributed by atoms with Crippen LogP contribution in [-0.2, 0) is 0 Å². The van der Waals surface area contributed by atoms with Crippen molar-refractivity contribution in [3.63, 3.8) is 0 Å². The van der Waals surface area contributed by atoms with E-state index in [-0.39, 0.29) is 0 Å². The molecular formula is C14H20BrN3. The number of aromatic nitrogens is 1. The van der Waals surface area contributed by atoms with E-state index >= 15 is 0 Å². The standard InChI is InChI=1S/C14H20BrN3/c1-10-7-13(15)14(16-9-10)17-11-4-6-18-5-2-3-12(18)8-11/h7,9,11-12H,2-6,8H2,1H3,(H,16,17). The van der Waals surface area contributed by atoms with Crippen LogP contribution in [0.3, 0.4) is 0 Å². The summed E-state index contributed by atoms with van der Waals surface area (Å²) < 4.78 is 1.08. The van der Waals surface area contributed by atoms with Gasteiger partial charge in [-0.3, -0.25) is 0 Å². The molecule has 0 aromatic carbocycles. The number of nitrogens with one attached hydrogen (secondary N) is 1. The zero-order valence-corrected chi connectivity index (χ0v) is 12.4.